The molecule has 1 aliphatic heterocycles. The third-order valence-electron chi connectivity index (χ3n) is 3.35. The van der Waals surface area contributed by atoms with Gasteiger partial charge >= 0.3 is 0 Å². The maximum absolute atomic E-state index is 11.3. The number of nitrogens with zero attached hydrogens (tertiary/aromatic N) is 1. The fourth-order valence-corrected chi connectivity index (χ4v) is 1.85. The fourth-order valence-electron chi connectivity index (χ4n) is 1.85. The molecule has 0 radical (unpaired) electrons. The van der Waals surface area contributed by atoms with E-state index in [9.17, 15) is 4.79 Å². The normalized spacial score (nSPS) is 21.6. The summed E-state index contributed by atoms with van der Waals surface area (Å²) in [7, 11) is 1.78. The molecular weight excluding hydrogens is 206 g/mol. The van der Waals surface area contributed by atoms with Crippen LogP contribution in [0.15, 0.2) is 0 Å². The summed E-state index contributed by atoms with van der Waals surface area (Å²) >= 11 is 0. The number of primary amides is 1. The molecule has 1 fully saturated rings. The molecule has 1 rings (SSSR count). The van der Waals surface area contributed by atoms with Crippen LogP contribution in [0.4, 0.5) is 0 Å². The number of nitrogens with one attached hydrogen (secondary N) is 1. The quantitative estimate of drug-likeness (QED) is 0.648. The molecule has 94 valence electrons. The summed E-state index contributed by atoms with van der Waals surface area (Å²) < 4.78 is 5.28. The summed E-state index contributed by atoms with van der Waals surface area (Å²) in [5, 5.41) is 3.00. The number of amides is 1. The highest BCUT2D eigenvalue weighted by Gasteiger charge is 2.28. The van der Waals surface area contributed by atoms with Gasteiger partial charge in [-0.15, -0.1) is 0 Å². The molecule has 1 unspecified atom stereocenters. The maximum Gasteiger partial charge on any atom is 0.237 e. The van der Waals surface area contributed by atoms with Crippen LogP contribution in [0, 0.1) is 0 Å². The Labute approximate surface area is 97.3 Å². The largest absolute Gasteiger partial charge is 0.379 e. The lowest BCUT2D eigenvalue weighted by Gasteiger charge is -2.29. The van der Waals surface area contributed by atoms with Gasteiger partial charge in [-0.3, -0.25) is 9.69 Å². The molecule has 0 bridgehead atoms. The zero-order chi connectivity index (χ0) is 12.0. The van der Waals surface area contributed by atoms with Crippen LogP contribution in [0.25, 0.3) is 0 Å². The van der Waals surface area contributed by atoms with Gasteiger partial charge in [0.1, 0.15) is 0 Å². The van der Waals surface area contributed by atoms with Crippen LogP contribution in [0.2, 0.25) is 0 Å². The lowest BCUT2D eigenvalue weighted by atomic mass is 9.95. The first-order chi connectivity index (χ1) is 7.58. The standard InChI is InChI=1S/C11H23N3O2/c1-11(13-2,10(12)15)4-3-5-14-6-8-16-9-7-14/h13H,3-9H2,1-2H3,(H2,12,15). The van der Waals surface area contributed by atoms with E-state index in [2.05, 4.69) is 10.2 Å². The molecule has 5 nitrogen and oxygen atoms in total. The van der Waals surface area contributed by atoms with Crippen LogP contribution in [-0.4, -0.2) is 56.2 Å². The summed E-state index contributed by atoms with van der Waals surface area (Å²) in [5.74, 6) is -0.281. The van der Waals surface area contributed by atoms with Gasteiger partial charge in [0.2, 0.25) is 5.91 Å². The fraction of sp³-hybridized carbons (Fsp3) is 0.909. The van der Waals surface area contributed by atoms with Crippen molar-refractivity contribution in [3.8, 4) is 0 Å². The number of rotatable bonds is 6. The average Bonchev–Trinajstić information content (AvgIpc) is 2.30. The van der Waals surface area contributed by atoms with Crippen molar-refractivity contribution in [2.75, 3.05) is 39.9 Å². The zero-order valence-corrected chi connectivity index (χ0v) is 10.3. The molecular formula is C11H23N3O2. The summed E-state index contributed by atoms with van der Waals surface area (Å²) in [5.41, 5.74) is 4.79. The van der Waals surface area contributed by atoms with Gasteiger partial charge in [-0.25, -0.2) is 0 Å². The first-order valence-electron chi connectivity index (χ1n) is 5.87. The molecule has 1 heterocycles. The van der Waals surface area contributed by atoms with E-state index in [1.807, 2.05) is 6.92 Å². The molecule has 1 atom stereocenters. The Hall–Kier alpha value is -0.650. The second-order valence-corrected chi connectivity index (χ2v) is 4.50. The number of morpholine rings is 1. The van der Waals surface area contributed by atoms with Gasteiger partial charge in [0, 0.05) is 13.1 Å². The highest BCUT2D eigenvalue weighted by atomic mass is 16.5. The van der Waals surface area contributed by atoms with Crippen LogP contribution in [0.5, 0.6) is 0 Å². The van der Waals surface area contributed by atoms with Crippen LogP contribution in [-0.2, 0) is 9.53 Å². The van der Waals surface area contributed by atoms with Gasteiger partial charge in [0.15, 0.2) is 0 Å². The highest BCUT2D eigenvalue weighted by Crippen LogP contribution is 2.12. The van der Waals surface area contributed by atoms with Gasteiger partial charge in [0.25, 0.3) is 0 Å². The summed E-state index contributed by atoms with van der Waals surface area (Å²) in [6, 6.07) is 0. The molecule has 1 aliphatic rings. The number of likely N-dealkylation sites (N-methyl/N-ethyl adjacent to an activating group) is 1. The van der Waals surface area contributed by atoms with Crippen molar-refractivity contribution < 1.29 is 9.53 Å². The SMILES string of the molecule is CNC(C)(CCCN1CCOCC1)C(N)=O. The molecule has 0 aromatic carbocycles. The zero-order valence-electron chi connectivity index (χ0n) is 10.3. The van der Waals surface area contributed by atoms with Crippen molar-refractivity contribution in [2.24, 2.45) is 5.73 Å². The minimum Gasteiger partial charge on any atom is -0.379 e. The third-order valence-corrected chi connectivity index (χ3v) is 3.35. The molecule has 1 saturated heterocycles. The van der Waals surface area contributed by atoms with Crippen molar-refractivity contribution in [2.45, 2.75) is 25.3 Å². The number of carbonyl (C=O) groups is 1. The van der Waals surface area contributed by atoms with Crippen LogP contribution >= 0.6 is 0 Å². The van der Waals surface area contributed by atoms with Gasteiger partial charge in [-0.2, -0.15) is 0 Å². The average molecular weight is 229 g/mol. The van der Waals surface area contributed by atoms with Gasteiger partial charge < -0.3 is 15.8 Å². The Morgan fingerprint density at radius 2 is 2.12 bits per heavy atom. The van der Waals surface area contributed by atoms with E-state index in [4.69, 9.17) is 10.5 Å². The Bertz CT molecular complexity index is 229. The van der Waals surface area contributed by atoms with E-state index in [1.54, 1.807) is 7.05 Å². The van der Waals surface area contributed by atoms with E-state index in [1.165, 1.54) is 0 Å². The third kappa shape index (κ3) is 3.73. The van der Waals surface area contributed by atoms with Crippen LogP contribution < -0.4 is 11.1 Å². The number of hydrogen-bond donors (Lipinski definition) is 2. The topological polar surface area (TPSA) is 67.6 Å². The molecule has 1 amide bonds. The predicted octanol–water partition coefficient (Wildman–Crippen LogP) is -0.438. The van der Waals surface area contributed by atoms with Crippen molar-refractivity contribution >= 4 is 5.91 Å². The molecule has 0 saturated carbocycles. The van der Waals surface area contributed by atoms with Gasteiger partial charge in [0.05, 0.1) is 18.8 Å². The van der Waals surface area contributed by atoms with E-state index >= 15 is 0 Å². The summed E-state index contributed by atoms with van der Waals surface area (Å²) in [6.07, 6.45) is 1.75. The number of ether oxygens (including phenoxy) is 1. The van der Waals surface area contributed by atoms with Crippen molar-refractivity contribution in [3.05, 3.63) is 0 Å². The van der Waals surface area contributed by atoms with E-state index in [0.717, 1.165) is 45.7 Å². The minimum atomic E-state index is -0.577. The smallest absolute Gasteiger partial charge is 0.237 e. The lowest BCUT2D eigenvalue weighted by molar-refractivity contribution is -0.123. The van der Waals surface area contributed by atoms with Crippen molar-refractivity contribution in [3.63, 3.8) is 0 Å². The van der Waals surface area contributed by atoms with E-state index in [0.29, 0.717) is 0 Å². The Morgan fingerprint density at radius 1 is 1.50 bits per heavy atom. The Morgan fingerprint density at radius 3 is 2.62 bits per heavy atom. The second kappa shape index (κ2) is 6.18. The first-order valence-corrected chi connectivity index (χ1v) is 5.87. The molecule has 0 aromatic heterocycles. The molecule has 16 heavy (non-hydrogen) atoms. The van der Waals surface area contributed by atoms with Crippen molar-refractivity contribution in [1.29, 1.82) is 0 Å². The van der Waals surface area contributed by atoms with E-state index in [-0.39, 0.29) is 5.91 Å². The van der Waals surface area contributed by atoms with Gasteiger partial charge in [-0.05, 0) is 33.4 Å². The predicted molar refractivity (Wildman–Crippen MR) is 63.2 cm³/mol. The van der Waals surface area contributed by atoms with Crippen molar-refractivity contribution in [1.82, 2.24) is 10.2 Å². The summed E-state index contributed by atoms with van der Waals surface area (Å²) in [6.45, 7) is 6.49. The number of carbonyl (C=O) groups excluding carboxylic acids is 1. The number of nitrogens with two attached hydrogens (primary N) is 1. The summed E-state index contributed by atoms with van der Waals surface area (Å²) in [4.78, 5) is 13.6. The first kappa shape index (κ1) is 13.4. The van der Waals surface area contributed by atoms with Gasteiger partial charge in [-0.1, -0.05) is 0 Å². The Balaban J connectivity index is 2.25. The molecule has 3 N–H and O–H groups in total. The Kier molecular flexibility index (Phi) is 5.18. The minimum absolute atomic E-state index is 0.281. The van der Waals surface area contributed by atoms with Crippen LogP contribution in [0.3, 0.4) is 0 Å². The van der Waals surface area contributed by atoms with Crippen LogP contribution in [0.1, 0.15) is 19.8 Å². The molecule has 0 aliphatic carbocycles. The monoisotopic (exact) mass is 229 g/mol. The second-order valence-electron chi connectivity index (χ2n) is 4.50. The molecule has 0 aromatic rings. The molecule has 0 spiro atoms. The highest BCUT2D eigenvalue weighted by molar-refractivity contribution is 5.84. The lowest BCUT2D eigenvalue weighted by Crippen LogP contribution is -2.51. The maximum atomic E-state index is 11.3. The number of hydrogen-bond acceptors (Lipinski definition) is 4. The van der Waals surface area contributed by atoms with E-state index < -0.39 is 5.54 Å². The molecule has 5 heteroatoms.